The zero-order chi connectivity index (χ0) is 18.7. The van der Waals surface area contributed by atoms with Crippen LogP contribution in [0.1, 0.15) is 33.2 Å². The maximum Gasteiger partial charge on any atom is 0.348 e. The van der Waals surface area contributed by atoms with Crippen LogP contribution in [-0.2, 0) is 0 Å². The third-order valence-corrected chi connectivity index (χ3v) is 3.94. The van der Waals surface area contributed by atoms with E-state index in [0.717, 1.165) is 5.56 Å². The molecular formula is C21H16O5. The summed E-state index contributed by atoms with van der Waals surface area (Å²) in [7, 11) is 1.48. The molecule has 130 valence electrons. The molecule has 0 fully saturated rings. The van der Waals surface area contributed by atoms with Crippen molar-refractivity contribution in [3.63, 3.8) is 0 Å². The van der Waals surface area contributed by atoms with Crippen molar-refractivity contribution >= 4 is 28.6 Å². The highest BCUT2D eigenvalue weighted by molar-refractivity contribution is 6.18. The summed E-state index contributed by atoms with van der Waals surface area (Å²) in [6.07, 6.45) is 2.85. The molecule has 0 amide bonds. The van der Waals surface area contributed by atoms with Gasteiger partial charge in [-0.05, 0) is 30.7 Å². The van der Waals surface area contributed by atoms with Crippen LogP contribution in [0.15, 0.2) is 63.8 Å². The molecule has 1 aromatic heterocycles. The van der Waals surface area contributed by atoms with E-state index in [0.29, 0.717) is 11.1 Å². The zero-order valence-corrected chi connectivity index (χ0v) is 14.3. The summed E-state index contributed by atoms with van der Waals surface area (Å²) in [5.41, 5.74) is -0.0501. The Bertz CT molecular complexity index is 1070. The molecule has 2 aromatic carbocycles. The van der Waals surface area contributed by atoms with Crippen molar-refractivity contribution in [3.8, 4) is 5.75 Å². The van der Waals surface area contributed by atoms with Crippen LogP contribution in [-0.4, -0.2) is 18.7 Å². The van der Waals surface area contributed by atoms with Crippen molar-refractivity contribution in [2.24, 2.45) is 0 Å². The smallest absolute Gasteiger partial charge is 0.348 e. The first-order chi connectivity index (χ1) is 12.5. The largest absolute Gasteiger partial charge is 0.497 e. The number of fused-ring (bicyclic) bond motifs is 1. The van der Waals surface area contributed by atoms with Crippen LogP contribution in [0.2, 0.25) is 0 Å². The van der Waals surface area contributed by atoms with Crippen molar-refractivity contribution in [3.05, 3.63) is 81.7 Å². The van der Waals surface area contributed by atoms with Gasteiger partial charge >= 0.3 is 5.63 Å². The van der Waals surface area contributed by atoms with Gasteiger partial charge in [0.1, 0.15) is 16.9 Å². The second-order valence-corrected chi connectivity index (χ2v) is 5.67. The van der Waals surface area contributed by atoms with Crippen molar-refractivity contribution in [2.75, 3.05) is 7.11 Å². The topological polar surface area (TPSA) is 73.6 Å². The number of ketones is 2. The van der Waals surface area contributed by atoms with Crippen LogP contribution < -0.4 is 10.4 Å². The van der Waals surface area contributed by atoms with Crippen LogP contribution in [0.25, 0.3) is 17.0 Å². The van der Waals surface area contributed by atoms with E-state index in [-0.39, 0.29) is 22.5 Å². The fourth-order valence-electron chi connectivity index (χ4n) is 2.72. The van der Waals surface area contributed by atoms with Gasteiger partial charge in [0.15, 0.2) is 11.6 Å². The number of methoxy groups -OCH3 is 1. The van der Waals surface area contributed by atoms with E-state index in [2.05, 4.69) is 0 Å². The molecule has 0 saturated heterocycles. The molecule has 3 aromatic rings. The van der Waals surface area contributed by atoms with Crippen molar-refractivity contribution < 1.29 is 18.7 Å². The predicted octanol–water partition coefficient (Wildman–Crippen LogP) is 3.90. The van der Waals surface area contributed by atoms with E-state index in [1.54, 1.807) is 18.2 Å². The fraction of sp³-hybridized carbons (Fsp3) is 0.0952. The maximum atomic E-state index is 12.6. The van der Waals surface area contributed by atoms with Gasteiger partial charge in [0.25, 0.3) is 0 Å². The molecule has 0 bridgehead atoms. The highest BCUT2D eigenvalue weighted by Gasteiger charge is 2.22. The predicted molar refractivity (Wildman–Crippen MR) is 98.8 cm³/mol. The highest BCUT2D eigenvalue weighted by Crippen LogP contribution is 2.25. The highest BCUT2D eigenvalue weighted by atomic mass is 16.5. The van der Waals surface area contributed by atoms with Crippen molar-refractivity contribution in [1.82, 2.24) is 0 Å². The van der Waals surface area contributed by atoms with Gasteiger partial charge in [-0.15, -0.1) is 0 Å². The lowest BCUT2D eigenvalue weighted by Gasteiger charge is -2.08. The summed E-state index contributed by atoms with van der Waals surface area (Å²) in [5, 5.41) is 0.398. The Morgan fingerprint density at radius 3 is 2.42 bits per heavy atom. The second-order valence-electron chi connectivity index (χ2n) is 5.67. The number of carbonyl (C=O) groups is 2. The van der Waals surface area contributed by atoms with Crippen molar-refractivity contribution in [1.29, 1.82) is 0 Å². The molecule has 5 heteroatoms. The summed E-state index contributed by atoms with van der Waals surface area (Å²) < 4.78 is 10.4. The molecule has 0 saturated carbocycles. The van der Waals surface area contributed by atoms with Gasteiger partial charge in [-0.1, -0.05) is 36.4 Å². The lowest BCUT2D eigenvalue weighted by Crippen LogP contribution is -2.18. The first-order valence-electron chi connectivity index (χ1n) is 7.94. The van der Waals surface area contributed by atoms with E-state index in [1.807, 2.05) is 30.3 Å². The van der Waals surface area contributed by atoms with Crippen LogP contribution in [0.4, 0.5) is 0 Å². The first-order valence-corrected chi connectivity index (χ1v) is 7.94. The average molecular weight is 348 g/mol. The minimum Gasteiger partial charge on any atom is -0.497 e. The molecule has 1 heterocycles. The average Bonchev–Trinajstić information content (AvgIpc) is 2.65. The Balaban J connectivity index is 2.16. The molecule has 0 aliphatic carbocycles. The third-order valence-electron chi connectivity index (χ3n) is 3.94. The first kappa shape index (κ1) is 17.4. The fourth-order valence-corrected chi connectivity index (χ4v) is 2.72. The van der Waals surface area contributed by atoms with Crippen LogP contribution >= 0.6 is 0 Å². The lowest BCUT2D eigenvalue weighted by molar-refractivity contribution is 0.0992. The molecule has 0 atom stereocenters. The van der Waals surface area contributed by atoms with E-state index in [9.17, 15) is 14.4 Å². The van der Waals surface area contributed by atoms with Crippen molar-refractivity contribution in [2.45, 2.75) is 6.92 Å². The standard InChI is InChI=1S/C21H16O5/c1-13(22)19-16-10-9-15(25-2)12-18(16)26-21(24)20(19)17(23)11-8-14-6-4-3-5-7-14/h3-12H,1-2H3/b11-8+. The number of hydrogen-bond donors (Lipinski definition) is 0. The SMILES string of the molecule is COc1ccc2c(C(C)=O)c(C(=O)/C=C/c3ccccc3)c(=O)oc2c1. The molecule has 26 heavy (non-hydrogen) atoms. The number of ether oxygens (including phenoxy) is 1. The summed E-state index contributed by atoms with van der Waals surface area (Å²) in [6.45, 7) is 1.32. The van der Waals surface area contributed by atoms with Gasteiger partial charge in [0.2, 0.25) is 0 Å². The van der Waals surface area contributed by atoms with Gasteiger partial charge in [-0.2, -0.15) is 0 Å². The lowest BCUT2D eigenvalue weighted by atomic mass is 9.98. The Hall–Kier alpha value is -3.47. The summed E-state index contributed by atoms with van der Waals surface area (Å²) in [5.74, 6) is -0.478. The number of hydrogen-bond acceptors (Lipinski definition) is 5. The summed E-state index contributed by atoms with van der Waals surface area (Å²) >= 11 is 0. The summed E-state index contributed by atoms with van der Waals surface area (Å²) in [4.78, 5) is 37.2. The van der Waals surface area contributed by atoms with Crippen LogP contribution in [0.5, 0.6) is 5.75 Å². The molecule has 0 unspecified atom stereocenters. The Morgan fingerprint density at radius 2 is 1.77 bits per heavy atom. The molecule has 3 rings (SSSR count). The Labute approximate surface area is 149 Å². The van der Waals surface area contributed by atoms with E-state index < -0.39 is 11.4 Å². The Morgan fingerprint density at radius 1 is 1.04 bits per heavy atom. The monoisotopic (exact) mass is 348 g/mol. The quantitative estimate of drug-likeness (QED) is 0.397. The number of benzene rings is 2. The molecule has 0 radical (unpaired) electrons. The molecule has 0 aliphatic rings. The Kier molecular flexibility index (Phi) is 4.80. The molecule has 0 aliphatic heterocycles. The normalized spacial score (nSPS) is 11.0. The van der Waals surface area contributed by atoms with E-state index in [1.165, 1.54) is 26.2 Å². The van der Waals surface area contributed by atoms with E-state index in [4.69, 9.17) is 9.15 Å². The second kappa shape index (κ2) is 7.19. The molecule has 0 spiro atoms. The third kappa shape index (κ3) is 3.32. The number of rotatable bonds is 5. The number of Topliss-reactive ketones (excluding diaryl/α,β-unsaturated/α-hetero) is 1. The van der Waals surface area contributed by atoms with Gasteiger partial charge in [-0.25, -0.2) is 4.79 Å². The zero-order valence-electron chi connectivity index (χ0n) is 14.3. The molecular weight excluding hydrogens is 332 g/mol. The van der Waals surface area contributed by atoms with Gasteiger partial charge < -0.3 is 9.15 Å². The number of allylic oxidation sites excluding steroid dienone is 1. The minimum atomic E-state index is -0.848. The maximum absolute atomic E-state index is 12.6. The van der Waals surface area contributed by atoms with Crippen LogP contribution in [0.3, 0.4) is 0 Å². The summed E-state index contributed by atoms with van der Waals surface area (Å²) in [6, 6.07) is 13.9. The minimum absolute atomic E-state index is 0.0571. The number of carbonyl (C=O) groups excluding carboxylic acids is 2. The van der Waals surface area contributed by atoms with Gasteiger partial charge in [-0.3, -0.25) is 9.59 Å². The van der Waals surface area contributed by atoms with Gasteiger partial charge in [0.05, 0.1) is 7.11 Å². The van der Waals surface area contributed by atoms with E-state index >= 15 is 0 Å². The van der Waals surface area contributed by atoms with Gasteiger partial charge in [0, 0.05) is 17.0 Å². The van der Waals surface area contributed by atoms with Crippen LogP contribution in [0, 0.1) is 0 Å². The molecule has 0 N–H and O–H groups in total. The molecule has 5 nitrogen and oxygen atoms in total.